The number of carbonyl (C=O) groups is 1. The molecule has 1 heterocycles. The molecule has 1 atom stereocenters. The second-order valence-corrected chi connectivity index (χ2v) is 4.40. The number of urea groups is 1. The van der Waals surface area contributed by atoms with Crippen LogP contribution in [0.4, 0.5) is 4.79 Å². The minimum absolute atomic E-state index is 0.0473. The number of nitrogens with one attached hydrogen (secondary N) is 1. The molecule has 0 spiro atoms. The van der Waals surface area contributed by atoms with Crippen molar-refractivity contribution in [3.63, 3.8) is 0 Å². The van der Waals surface area contributed by atoms with Gasteiger partial charge in [-0.2, -0.15) is 0 Å². The van der Waals surface area contributed by atoms with Crippen LogP contribution < -0.4 is 5.32 Å². The highest BCUT2D eigenvalue weighted by molar-refractivity contribution is 5.74. The van der Waals surface area contributed by atoms with Crippen LogP contribution in [0.25, 0.3) is 0 Å². The monoisotopic (exact) mass is 186 g/mol. The van der Waals surface area contributed by atoms with Crippen molar-refractivity contribution in [1.82, 2.24) is 10.2 Å². The third kappa shape index (κ3) is 2.34. The van der Waals surface area contributed by atoms with E-state index < -0.39 is 0 Å². The first-order valence-electron chi connectivity index (χ1n) is 4.49. The number of ether oxygens (including phenoxy) is 1. The molecule has 1 aliphatic rings. The fraction of sp³-hybridized carbons (Fsp3) is 0.889. The van der Waals surface area contributed by atoms with Crippen LogP contribution in [-0.4, -0.2) is 44.3 Å². The summed E-state index contributed by atoms with van der Waals surface area (Å²) in [4.78, 5) is 12.9. The number of hydrogen-bond donors (Lipinski definition) is 1. The summed E-state index contributed by atoms with van der Waals surface area (Å²) >= 11 is 0. The fourth-order valence-electron chi connectivity index (χ4n) is 1.28. The Morgan fingerprint density at radius 1 is 1.54 bits per heavy atom. The molecule has 1 aliphatic heterocycles. The Balaban J connectivity index is 2.50. The third-order valence-corrected chi connectivity index (χ3v) is 2.41. The molecular formula is C9H18N2O2. The summed E-state index contributed by atoms with van der Waals surface area (Å²) in [6, 6.07) is 0.0750. The lowest BCUT2D eigenvalue weighted by atomic mass is 9.88. The highest BCUT2D eigenvalue weighted by atomic mass is 16.5. The Hall–Kier alpha value is -0.770. The first kappa shape index (κ1) is 10.3. The molecule has 13 heavy (non-hydrogen) atoms. The van der Waals surface area contributed by atoms with Crippen molar-refractivity contribution < 1.29 is 9.53 Å². The van der Waals surface area contributed by atoms with Gasteiger partial charge in [-0.1, -0.05) is 13.8 Å². The average molecular weight is 186 g/mol. The van der Waals surface area contributed by atoms with Crippen molar-refractivity contribution in [3.8, 4) is 0 Å². The second-order valence-electron chi connectivity index (χ2n) is 4.40. The van der Waals surface area contributed by atoms with Crippen LogP contribution in [0.3, 0.4) is 0 Å². The van der Waals surface area contributed by atoms with Gasteiger partial charge in [0.15, 0.2) is 0 Å². The predicted octanol–water partition coefficient (Wildman–Crippen LogP) is 0.683. The summed E-state index contributed by atoms with van der Waals surface area (Å²) in [5.41, 5.74) is 0.0473. The topological polar surface area (TPSA) is 41.6 Å². The zero-order valence-electron chi connectivity index (χ0n) is 8.76. The molecule has 4 heteroatoms. The average Bonchev–Trinajstić information content (AvgIpc) is 2.30. The van der Waals surface area contributed by atoms with Crippen LogP contribution in [0.15, 0.2) is 0 Å². The zero-order valence-corrected chi connectivity index (χ0v) is 8.76. The van der Waals surface area contributed by atoms with Gasteiger partial charge in [0.05, 0.1) is 19.3 Å². The molecule has 0 aliphatic carbocycles. The third-order valence-electron chi connectivity index (χ3n) is 2.41. The van der Waals surface area contributed by atoms with Crippen molar-refractivity contribution in [2.75, 3.05) is 27.3 Å². The number of hydrogen-bond acceptors (Lipinski definition) is 2. The summed E-state index contributed by atoms with van der Waals surface area (Å²) in [7, 11) is 3.47. The summed E-state index contributed by atoms with van der Waals surface area (Å²) < 4.78 is 5.32. The van der Waals surface area contributed by atoms with E-state index in [2.05, 4.69) is 19.2 Å². The van der Waals surface area contributed by atoms with Crippen molar-refractivity contribution in [2.24, 2.45) is 5.41 Å². The van der Waals surface area contributed by atoms with Gasteiger partial charge in [-0.25, -0.2) is 4.79 Å². The van der Waals surface area contributed by atoms with E-state index in [-0.39, 0.29) is 17.5 Å². The summed E-state index contributed by atoms with van der Waals surface area (Å²) in [5.74, 6) is 0. The first-order chi connectivity index (χ1) is 5.93. The van der Waals surface area contributed by atoms with Crippen LogP contribution in [0.1, 0.15) is 13.8 Å². The fourth-order valence-corrected chi connectivity index (χ4v) is 1.28. The SMILES string of the molecule is CN(C)C(=O)NC1COCC1(C)C. The molecule has 0 aromatic carbocycles. The van der Waals surface area contributed by atoms with E-state index in [4.69, 9.17) is 4.74 Å². The lowest BCUT2D eigenvalue weighted by Gasteiger charge is -2.26. The number of nitrogens with zero attached hydrogens (tertiary/aromatic N) is 1. The van der Waals surface area contributed by atoms with Crippen molar-refractivity contribution in [3.05, 3.63) is 0 Å². The molecular weight excluding hydrogens is 168 g/mol. The van der Waals surface area contributed by atoms with Gasteiger partial charge in [-0.15, -0.1) is 0 Å². The van der Waals surface area contributed by atoms with Crippen molar-refractivity contribution in [2.45, 2.75) is 19.9 Å². The Labute approximate surface area is 79.2 Å². The van der Waals surface area contributed by atoms with Gasteiger partial charge in [0, 0.05) is 19.5 Å². The smallest absolute Gasteiger partial charge is 0.317 e. The van der Waals surface area contributed by atoms with Gasteiger partial charge in [0.25, 0.3) is 0 Å². The lowest BCUT2D eigenvalue weighted by Crippen LogP contribution is -2.47. The van der Waals surface area contributed by atoms with Gasteiger partial charge >= 0.3 is 6.03 Å². The molecule has 4 nitrogen and oxygen atoms in total. The van der Waals surface area contributed by atoms with Crippen LogP contribution in [0.5, 0.6) is 0 Å². The molecule has 1 fully saturated rings. The van der Waals surface area contributed by atoms with Crippen molar-refractivity contribution >= 4 is 6.03 Å². The molecule has 1 unspecified atom stereocenters. The Bertz CT molecular complexity index is 202. The Morgan fingerprint density at radius 3 is 2.54 bits per heavy atom. The molecule has 0 radical (unpaired) electrons. The van der Waals surface area contributed by atoms with E-state index >= 15 is 0 Å². The van der Waals surface area contributed by atoms with Gasteiger partial charge in [0.2, 0.25) is 0 Å². The van der Waals surface area contributed by atoms with E-state index in [0.717, 1.165) is 0 Å². The molecule has 1 saturated heterocycles. The van der Waals surface area contributed by atoms with Gasteiger partial charge in [-0.05, 0) is 0 Å². The van der Waals surface area contributed by atoms with Crippen LogP contribution in [-0.2, 0) is 4.74 Å². The highest BCUT2D eigenvalue weighted by Crippen LogP contribution is 2.27. The Kier molecular flexibility index (Phi) is 2.81. The summed E-state index contributed by atoms with van der Waals surface area (Å²) in [5, 5.41) is 2.93. The van der Waals surface area contributed by atoms with E-state index in [1.165, 1.54) is 4.90 Å². The van der Waals surface area contributed by atoms with E-state index in [9.17, 15) is 4.79 Å². The largest absolute Gasteiger partial charge is 0.379 e. The van der Waals surface area contributed by atoms with E-state index in [0.29, 0.717) is 13.2 Å². The minimum atomic E-state index is -0.0522. The van der Waals surface area contributed by atoms with E-state index in [1.807, 2.05) is 0 Å². The van der Waals surface area contributed by atoms with Crippen LogP contribution >= 0.6 is 0 Å². The lowest BCUT2D eigenvalue weighted by molar-refractivity contribution is 0.166. The van der Waals surface area contributed by atoms with Gasteiger partial charge in [-0.3, -0.25) is 0 Å². The highest BCUT2D eigenvalue weighted by Gasteiger charge is 2.36. The van der Waals surface area contributed by atoms with Gasteiger partial charge in [0.1, 0.15) is 0 Å². The van der Waals surface area contributed by atoms with Crippen LogP contribution in [0.2, 0.25) is 0 Å². The summed E-state index contributed by atoms with van der Waals surface area (Å²) in [6.45, 7) is 5.53. The normalized spacial score (nSPS) is 25.7. The standard InChI is InChI=1S/C9H18N2O2/c1-9(2)6-13-5-7(9)10-8(12)11(3)4/h7H,5-6H2,1-4H3,(H,10,12). The maximum atomic E-state index is 11.3. The Morgan fingerprint density at radius 2 is 2.15 bits per heavy atom. The molecule has 0 saturated carbocycles. The number of carbonyl (C=O) groups excluding carboxylic acids is 1. The quantitative estimate of drug-likeness (QED) is 0.654. The van der Waals surface area contributed by atoms with E-state index in [1.54, 1.807) is 14.1 Å². The van der Waals surface area contributed by atoms with Crippen LogP contribution in [0, 0.1) is 5.41 Å². The predicted molar refractivity (Wildman–Crippen MR) is 50.6 cm³/mol. The maximum Gasteiger partial charge on any atom is 0.317 e. The minimum Gasteiger partial charge on any atom is -0.379 e. The number of amides is 2. The molecule has 0 bridgehead atoms. The van der Waals surface area contributed by atoms with Gasteiger partial charge < -0.3 is 15.0 Å². The molecule has 0 aromatic heterocycles. The molecule has 1 N–H and O–H groups in total. The number of rotatable bonds is 1. The van der Waals surface area contributed by atoms with Crippen molar-refractivity contribution in [1.29, 1.82) is 0 Å². The first-order valence-corrected chi connectivity index (χ1v) is 4.49. The molecule has 2 amide bonds. The molecule has 1 rings (SSSR count). The maximum absolute atomic E-state index is 11.3. The summed E-state index contributed by atoms with van der Waals surface area (Å²) in [6.07, 6.45) is 0. The molecule has 76 valence electrons. The zero-order chi connectivity index (χ0) is 10.1. The molecule has 0 aromatic rings. The second kappa shape index (κ2) is 3.54.